The number of aryl methyl sites for hydroxylation is 1. The standard InChI is InChI=1S/C24H29N3O2/c1-4-8-21(17-11-13-18(14-12-17)29-6-3)27-22-16(5-2)15-26-23-19(22)9-7-10-20(23)24(25)28/h7,9-15,21H,4-6,8H2,1-3H3,(H2,25,28)(H,26,27)/t21-/m1/s1. The van der Waals surface area contributed by atoms with Gasteiger partial charge in [0, 0.05) is 17.3 Å². The summed E-state index contributed by atoms with van der Waals surface area (Å²) in [6, 6.07) is 14.0. The largest absolute Gasteiger partial charge is 0.494 e. The van der Waals surface area contributed by atoms with Gasteiger partial charge in [0.1, 0.15) is 5.75 Å². The Hall–Kier alpha value is -3.08. The normalized spacial score (nSPS) is 12.0. The van der Waals surface area contributed by atoms with Crippen LogP contribution in [0, 0.1) is 0 Å². The van der Waals surface area contributed by atoms with Crippen molar-refractivity contribution in [3.8, 4) is 5.75 Å². The molecule has 3 N–H and O–H groups in total. The van der Waals surface area contributed by atoms with Crippen molar-refractivity contribution in [2.24, 2.45) is 5.73 Å². The molecule has 3 aromatic rings. The predicted octanol–water partition coefficient (Wildman–Crippen LogP) is 5.25. The molecule has 5 heteroatoms. The Labute approximate surface area is 172 Å². The van der Waals surface area contributed by atoms with Gasteiger partial charge in [-0.1, -0.05) is 44.5 Å². The lowest BCUT2D eigenvalue weighted by Gasteiger charge is -2.23. The molecule has 0 fully saturated rings. The second kappa shape index (κ2) is 9.41. The van der Waals surface area contributed by atoms with Gasteiger partial charge in [0.05, 0.1) is 23.7 Å². The van der Waals surface area contributed by atoms with E-state index in [0.29, 0.717) is 17.7 Å². The lowest BCUT2D eigenvalue weighted by molar-refractivity contribution is 0.100. The minimum atomic E-state index is -0.463. The molecule has 3 rings (SSSR count). The number of hydrogen-bond acceptors (Lipinski definition) is 4. The summed E-state index contributed by atoms with van der Waals surface area (Å²) in [6.07, 6.45) is 4.71. The second-order valence-electron chi connectivity index (χ2n) is 7.07. The Morgan fingerprint density at radius 2 is 1.90 bits per heavy atom. The van der Waals surface area contributed by atoms with E-state index in [9.17, 15) is 4.79 Å². The number of para-hydroxylation sites is 1. The Kier molecular flexibility index (Phi) is 6.70. The van der Waals surface area contributed by atoms with E-state index >= 15 is 0 Å². The number of hydrogen-bond donors (Lipinski definition) is 2. The van der Waals surface area contributed by atoms with Crippen molar-refractivity contribution in [3.05, 3.63) is 65.4 Å². The minimum Gasteiger partial charge on any atom is -0.494 e. The van der Waals surface area contributed by atoms with Gasteiger partial charge < -0.3 is 15.8 Å². The fourth-order valence-electron chi connectivity index (χ4n) is 3.65. The van der Waals surface area contributed by atoms with E-state index in [2.05, 4.69) is 36.3 Å². The molecule has 152 valence electrons. The molecular weight excluding hydrogens is 362 g/mol. The van der Waals surface area contributed by atoms with Crippen LogP contribution < -0.4 is 15.8 Å². The Balaban J connectivity index is 2.05. The molecule has 0 radical (unpaired) electrons. The number of rotatable bonds is 9. The lowest BCUT2D eigenvalue weighted by Crippen LogP contribution is -2.15. The number of carbonyl (C=O) groups is 1. The number of nitrogens with one attached hydrogen (secondary N) is 1. The van der Waals surface area contributed by atoms with Crippen LogP contribution in [0.25, 0.3) is 10.9 Å². The van der Waals surface area contributed by atoms with Gasteiger partial charge in [-0.05, 0) is 49.1 Å². The maximum absolute atomic E-state index is 11.9. The number of ether oxygens (including phenoxy) is 1. The average molecular weight is 392 g/mol. The van der Waals surface area contributed by atoms with E-state index in [0.717, 1.165) is 41.6 Å². The molecular formula is C24H29N3O2. The fraction of sp³-hybridized carbons (Fsp3) is 0.333. The summed E-state index contributed by atoms with van der Waals surface area (Å²) in [5.41, 5.74) is 9.99. The van der Waals surface area contributed by atoms with Gasteiger partial charge >= 0.3 is 0 Å². The monoisotopic (exact) mass is 391 g/mol. The molecule has 0 aliphatic heterocycles. The molecule has 2 aromatic carbocycles. The second-order valence-corrected chi connectivity index (χ2v) is 7.07. The van der Waals surface area contributed by atoms with Crippen molar-refractivity contribution in [3.63, 3.8) is 0 Å². The maximum Gasteiger partial charge on any atom is 0.250 e. The van der Waals surface area contributed by atoms with E-state index < -0.39 is 5.91 Å². The van der Waals surface area contributed by atoms with E-state index in [-0.39, 0.29) is 6.04 Å². The SMILES string of the molecule is CCC[C@@H](Nc1c(CC)cnc2c(C(N)=O)cccc12)c1ccc(OCC)cc1. The first-order chi connectivity index (χ1) is 14.1. The summed E-state index contributed by atoms with van der Waals surface area (Å²) in [4.78, 5) is 16.4. The third-order valence-electron chi connectivity index (χ3n) is 5.11. The minimum absolute atomic E-state index is 0.142. The third kappa shape index (κ3) is 4.50. The van der Waals surface area contributed by atoms with Crippen molar-refractivity contribution in [1.82, 2.24) is 4.98 Å². The molecule has 1 heterocycles. The van der Waals surface area contributed by atoms with Crippen molar-refractivity contribution in [2.75, 3.05) is 11.9 Å². The summed E-state index contributed by atoms with van der Waals surface area (Å²) >= 11 is 0. The number of aromatic nitrogens is 1. The summed E-state index contributed by atoms with van der Waals surface area (Å²) in [5, 5.41) is 4.67. The predicted molar refractivity (Wildman–Crippen MR) is 119 cm³/mol. The number of fused-ring (bicyclic) bond motifs is 1. The molecule has 5 nitrogen and oxygen atoms in total. The smallest absolute Gasteiger partial charge is 0.250 e. The number of primary amides is 1. The summed E-state index contributed by atoms with van der Waals surface area (Å²) in [5.74, 6) is 0.413. The topological polar surface area (TPSA) is 77.2 Å². The highest BCUT2D eigenvalue weighted by Gasteiger charge is 2.17. The molecule has 0 spiro atoms. The summed E-state index contributed by atoms with van der Waals surface area (Å²) in [7, 11) is 0. The Morgan fingerprint density at radius 3 is 2.52 bits per heavy atom. The van der Waals surface area contributed by atoms with Gasteiger partial charge in [-0.15, -0.1) is 0 Å². The first kappa shape index (κ1) is 20.6. The zero-order chi connectivity index (χ0) is 20.8. The highest BCUT2D eigenvalue weighted by atomic mass is 16.5. The molecule has 1 aromatic heterocycles. The first-order valence-electron chi connectivity index (χ1n) is 10.3. The highest BCUT2D eigenvalue weighted by molar-refractivity contribution is 6.08. The third-order valence-corrected chi connectivity index (χ3v) is 5.11. The highest BCUT2D eigenvalue weighted by Crippen LogP contribution is 2.33. The van der Waals surface area contributed by atoms with Crippen LogP contribution in [0.1, 0.15) is 61.1 Å². The van der Waals surface area contributed by atoms with Crippen LogP contribution in [0.4, 0.5) is 5.69 Å². The van der Waals surface area contributed by atoms with Gasteiger partial charge in [0.2, 0.25) is 0 Å². The molecule has 0 aliphatic rings. The van der Waals surface area contributed by atoms with Crippen LogP contribution in [0.3, 0.4) is 0 Å². The molecule has 0 saturated carbocycles. The van der Waals surface area contributed by atoms with Crippen molar-refractivity contribution >= 4 is 22.5 Å². The zero-order valence-electron chi connectivity index (χ0n) is 17.4. The number of nitrogens with two attached hydrogens (primary N) is 1. The Morgan fingerprint density at radius 1 is 1.14 bits per heavy atom. The summed E-state index contributed by atoms with van der Waals surface area (Å²) in [6.45, 7) is 6.93. The van der Waals surface area contributed by atoms with E-state index in [1.165, 1.54) is 5.56 Å². The van der Waals surface area contributed by atoms with Gasteiger partial charge in [0.15, 0.2) is 0 Å². The number of amides is 1. The maximum atomic E-state index is 11.9. The number of benzene rings is 2. The van der Waals surface area contributed by atoms with Crippen LogP contribution >= 0.6 is 0 Å². The van der Waals surface area contributed by atoms with Gasteiger partial charge in [-0.2, -0.15) is 0 Å². The number of nitrogens with zero attached hydrogens (tertiary/aromatic N) is 1. The van der Waals surface area contributed by atoms with Gasteiger partial charge in [-0.3, -0.25) is 9.78 Å². The molecule has 0 unspecified atom stereocenters. The molecule has 0 bridgehead atoms. The van der Waals surface area contributed by atoms with Crippen LogP contribution in [0.15, 0.2) is 48.7 Å². The van der Waals surface area contributed by atoms with E-state index in [4.69, 9.17) is 10.5 Å². The fourth-order valence-corrected chi connectivity index (χ4v) is 3.65. The van der Waals surface area contributed by atoms with Crippen molar-refractivity contribution in [1.29, 1.82) is 0 Å². The van der Waals surface area contributed by atoms with E-state index in [1.54, 1.807) is 6.07 Å². The van der Waals surface area contributed by atoms with Crippen LogP contribution in [-0.4, -0.2) is 17.5 Å². The Bertz CT molecular complexity index is 983. The van der Waals surface area contributed by atoms with Crippen LogP contribution in [0.2, 0.25) is 0 Å². The van der Waals surface area contributed by atoms with Gasteiger partial charge in [-0.25, -0.2) is 0 Å². The zero-order valence-corrected chi connectivity index (χ0v) is 17.4. The number of anilines is 1. The molecule has 0 saturated heterocycles. The van der Waals surface area contributed by atoms with Crippen LogP contribution in [0.5, 0.6) is 5.75 Å². The van der Waals surface area contributed by atoms with E-state index in [1.807, 2.05) is 37.4 Å². The number of carbonyl (C=O) groups excluding carboxylic acids is 1. The van der Waals surface area contributed by atoms with Crippen LogP contribution in [-0.2, 0) is 6.42 Å². The molecule has 0 aliphatic carbocycles. The van der Waals surface area contributed by atoms with Crippen molar-refractivity contribution in [2.45, 2.75) is 46.1 Å². The molecule has 29 heavy (non-hydrogen) atoms. The van der Waals surface area contributed by atoms with Gasteiger partial charge in [0.25, 0.3) is 5.91 Å². The molecule has 1 amide bonds. The lowest BCUT2D eigenvalue weighted by atomic mass is 9.99. The summed E-state index contributed by atoms with van der Waals surface area (Å²) < 4.78 is 5.58. The van der Waals surface area contributed by atoms with Crippen molar-refractivity contribution < 1.29 is 9.53 Å². The quantitative estimate of drug-likeness (QED) is 0.522. The average Bonchev–Trinajstić information content (AvgIpc) is 2.73. The number of pyridine rings is 1. The first-order valence-corrected chi connectivity index (χ1v) is 10.3. The molecule has 1 atom stereocenters.